The van der Waals surface area contributed by atoms with Gasteiger partial charge in [-0.1, -0.05) is 12.1 Å². The number of nitrogens with zero attached hydrogens (tertiary/aromatic N) is 3. The summed E-state index contributed by atoms with van der Waals surface area (Å²) in [5.74, 6) is 0. The normalized spacial score (nSPS) is 18.4. The van der Waals surface area contributed by atoms with Crippen molar-refractivity contribution in [3.05, 3.63) is 35.4 Å². The van der Waals surface area contributed by atoms with E-state index in [9.17, 15) is 14.7 Å². The lowest BCUT2D eigenvalue weighted by Crippen LogP contribution is -2.54. The second-order valence-electron chi connectivity index (χ2n) is 8.77. The first-order chi connectivity index (χ1) is 14.1. The van der Waals surface area contributed by atoms with Gasteiger partial charge in [0.25, 0.3) is 0 Å². The summed E-state index contributed by atoms with van der Waals surface area (Å²) in [4.78, 5) is 27.3. The molecule has 2 N–H and O–H groups in total. The highest BCUT2D eigenvalue weighted by atomic mass is 16.6. The van der Waals surface area contributed by atoms with Crippen LogP contribution in [0.4, 0.5) is 9.59 Å². The van der Waals surface area contributed by atoms with Crippen molar-refractivity contribution in [1.29, 1.82) is 5.26 Å². The van der Waals surface area contributed by atoms with Gasteiger partial charge in [-0.15, -0.1) is 0 Å². The predicted octanol–water partition coefficient (Wildman–Crippen LogP) is 3.07. The Hall–Kier alpha value is -2.79. The van der Waals surface area contributed by atoms with E-state index in [0.29, 0.717) is 38.0 Å². The molecule has 1 aliphatic rings. The molecule has 0 aliphatic carbocycles. The third-order valence-corrected chi connectivity index (χ3v) is 5.04. The summed E-state index contributed by atoms with van der Waals surface area (Å²) in [6.45, 7) is 9.95. The van der Waals surface area contributed by atoms with Crippen molar-refractivity contribution in [2.75, 3.05) is 26.2 Å². The van der Waals surface area contributed by atoms with E-state index < -0.39 is 17.8 Å². The van der Waals surface area contributed by atoms with Gasteiger partial charge >= 0.3 is 12.2 Å². The van der Waals surface area contributed by atoms with Crippen molar-refractivity contribution >= 4 is 12.2 Å². The molecule has 8 nitrogen and oxygen atoms in total. The van der Waals surface area contributed by atoms with Crippen LogP contribution in [0.1, 0.15) is 45.2 Å². The van der Waals surface area contributed by atoms with Crippen LogP contribution in [-0.4, -0.2) is 71.0 Å². The highest BCUT2D eigenvalue weighted by molar-refractivity contribution is 5.68. The van der Waals surface area contributed by atoms with E-state index in [4.69, 9.17) is 10.00 Å². The van der Waals surface area contributed by atoms with E-state index in [1.165, 1.54) is 4.90 Å². The maximum absolute atomic E-state index is 12.3. The van der Waals surface area contributed by atoms with Crippen molar-refractivity contribution in [2.45, 2.75) is 58.2 Å². The van der Waals surface area contributed by atoms with Gasteiger partial charge in [0.15, 0.2) is 0 Å². The summed E-state index contributed by atoms with van der Waals surface area (Å²) in [5.41, 5.74) is 1.05. The Balaban J connectivity index is 1.99. The molecule has 30 heavy (non-hydrogen) atoms. The Morgan fingerprint density at radius 3 is 2.50 bits per heavy atom. The number of hydrogen-bond donors (Lipinski definition) is 2. The van der Waals surface area contributed by atoms with Crippen LogP contribution in [0.25, 0.3) is 0 Å². The van der Waals surface area contributed by atoms with Crippen LogP contribution in [-0.2, 0) is 11.2 Å². The minimum Gasteiger partial charge on any atom is -0.465 e. The number of ether oxygens (including phenoxy) is 1. The monoisotopic (exact) mass is 416 g/mol. The number of carbonyl (C=O) groups excluding carboxylic acids is 1. The Kier molecular flexibility index (Phi) is 8.07. The molecule has 8 heteroatoms. The number of alkyl carbamates (subject to hydrolysis) is 1. The Labute approximate surface area is 178 Å². The fourth-order valence-corrected chi connectivity index (χ4v) is 3.56. The molecule has 1 aliphatic heterocycles. The second kappa shape index (κ2) is 10.3. The molecular formula is C22H32N4O4. The van der Waals surface area contributed by atoms with E-state index in [-0.39, 0.29) is 12.1 Å². The van der Waals surface area contributed by atoms with Crippen LogP contribution in [0.5, 0.6) is 0 Å². The first-order valence-corrected chi connectivity index (χ1v) is 10.3. The third-order valence-electron chi connectivity index (χ3n) is 5.04. The summed E-state index contributed by atoms with van der Waals surface area (Å²) in [7, 11) is 0. The topological polar surface area (TPSA) is 106 Å². The van der Waals surface area contributed by atoms with Crippen LogP contribution >= 0.6 is 0 Å². The van der Waals surface area contributed by atoms with Gasteiger partial charge in [-0.05, 0) is 58.2 Å². The zero-order valence-electron chi connectivity index (χ0n) is 18.2. The van der Waals surface area contributed by atoms with Crippen molar-refractivity contribution in [1.82, 2.24) is 15.1 Å². The number of piperazine rings is 1. The summed E-state index contributed by atoms with van der Waals surface area (Å²) < 4.78 is 5.41. The number of carboxylic acid groups (broad SMARTS) is 1. The van der Waals surface area contributed by atoms with E-state index in [2.05, 4.69) is 16.3 Å². The summed E-state index contributed by atoms with van der Waals surface area (Å²) in [5, 5.41) is 21.2. The van der Waals surface area contributed by atoms with E-state index >= 15 is 0 Å². The Morgan fingerprint density at radius 1 is 1.30 bits per heavy atom. The van der Waals surface area contributed by atoms with Gasteiger partial charge in [0.05, 0.1) is 11.6 Å². The lowest BCUT2D eigenvalue weighted by atomic mass is 10.0. The molecule has 1 saturated heterocycles. The molecule has 0 bridgehead atoms. The number of benzene rings is 1. The van der Waals surface area contributed by atoms with Crippen molar-refractivity contribution in [3.8, 4) is 6.07 Å². The summed E-state index contributed by atoms with van der Waals surface area (Å²) in [6, 6.07) is 9.24. The molecule has 1 fully saturated rings. The van der Waals surface area contributed by atoms with Crippen LogP contribution in [0, 0.1) is 11.3 Å². The molecule has 1 unspecified atom stereocenters. The average Bonchev–Trinajstić information content (AvgIpc) is 2.65. The molecule has 164 valence electrons. The molecule has 2 amide bonds. The molecule has 0 aromatic heterocycles. The Morgan fingerprint density at radius 2 is 1.97 bits per heavy atom. The largest absolute Gasteiger partial charge is 0.465 e. The first kappa shape index (κ1) is 23.5. The predicted molar refractivity (Wildman–Crippen MR) is 113 cm³/mol. The van der Waals surface area contributed by atoms with Crippen molar-refractivity contribution in [3.63, 3.8) is 0 Å². The minimum absolute atomic E-state index is 0.0629. The highest BCUT2D eigenvalue weighted by Gasteiger charge is 2.27. The maximum atomic E-state index is 12.3. The van der Waals surface area contributed by atoms with E-state index in [0.717, 1.165) is 12.1 Å². The number of nitriles is 1. The molecule has 1 heterocycles. The van der Waals surface area contributed by atoms with Gasteiger partial charge in [0.2, 0.25) is 0 Å². The van der Waals surface area contributed by atoms with E-state index in [1.807, 2.05) is 39.8 Å². The molecular weight excluding hydrogens is 384 g/mol. The van der Waals surface area contributed by atoms with Crippen LogP contribution in [0.3, 0.4) is 0 Å². The molecule has 0 spiro atoms. The summed E-state index contributed by atoms with van der Waals surface area (Å²) in [6.07, 6.45) is -0.00751. The van der Waals surface area contributed by atoms with Crippen LogP contribution in [0.15, 0.2) is 24.3 Å². The molecule has 1 aromatic carbocycles. The molecule has 1 aromatic rings. The fraction of sp³-hybridized carbons (Fsp3) is 0.591. The smallest absolute Gasteiger partial charge is 0.407 e. The van der Waals surface area contributed by atoms with Gasteiger partial charge < -0.3 is 20.1 Å². The fourth-order valence-electron chi connectivity index (χ4n) is 3.56. The number of amides is 2. The standard InChI is InChI=1S/C22H32N4O4/c1-16-15-25(11-12-26(16)21(28)29)10-9-19(24-20(27)30-22(2,3)4)13-17-5-7-18(14-23)8-6-17/h5-8,16,19H,9-13,15H2,1-4H3,(H,24,27)(H,28,29)/t16-,19?/m0/s1. The summed E-state index contributed by atoms with van der Waals surface area (Å²) >= 11 is 0. The lowest BCUT2D eigenvalue weighted by Gasteiger charge is -2.38. The van der Waals surface area contributed by atoms with Gasteiger partial charge in [-0.3, -0.25) is 4.90 Å². The molecule has 0 saturated carbocycles. The van der Waals surface area contributed by atoms with Gasteiger partial charge in [-0.25, -0.2) is 9.59 Å². The van der Waals surface area contributed by atoms with Gasteiger partial charge in [0.1, 0.15) is 5.60 Å². The van der Waals surface area contributed by atoms with Crippen molar-refractivity contribution < 1.29 is 19.4 Å². The van der Waals surface area contributed by atoms with E-state index in [1.54, 1.807) is 12.1 Å². The Bertz CT molecular complexity index is 767. The highest BCUT2D eigenvalue weighted by Crippen LogP contribution is 2.14. The first-order valence-electron chi connectivity index (χ1n) is 10.3. The SMILES string of the molecule is C[C@H]1CN(CCC(Cc2ccc(C#N)cc2)NC(=O)OC(C)(C)C)CCN1C(=O)O. The number of carbonyl (C=O) groups is 2. The van der Waals surface area contributed by atoms with Crippen LogP contribution in [0.2, 0.25) is 0 Å². The van der Waals surface area contributed by atoms with Crippen molar-refractivity contribution in [2.24, 2.45) is 0 Å². The lowest BCUT2D eigenvalue weighted by molar-refractivity contribution is 0.0484. The second-order valence-corrected chi connectivity index (χ2v) is 8.77. The zero-order valence-corrected chi connectivity index (χ0v) is 18.2. The number of nitrogens with one attached hydrogen (secondary N) is 1. The minimum atomic E-state index is -0.882. The van der Waals surface area contributed by atoms with Crippen LogP contribution < -0.4 is 5.32 Å². The zero-order chi connectivity index (χ0) is 22.3. The van der Waals surface area contributed by atoms with Gasteiger partial charge in [-0.2, -0.15) is 5.26 Å². The average molecular weight is 417 g/mol. The van der Waals surface area contributed by atoms with Gasteiger partial charge in [0, 0.05) is 38.3 Å². The quantitative estimate of drug-likeness (QED) is 0.738. The molecule has 2 atom stereocenters. The molecule has 0 radical (unpaired) electrons. The molecule has 2 rings (SSSR count). The number of hydrogen-bond acceptors (Lipinski definition) is 5. The third kappa shape index (κ3) is 7.56. The maximum Gasteiger partial charge on any atom is 0.407 e. The number of rotatable bonds is 6.